The van der Waals surface area contributed by atoms with Crippen LogP contribution in [0.1, 0.15) is 27.2 Å². The van der Waals surface area contributed by atoms with Crippen LogP contribution >= 0.6 is 0 Å². The van der Waals surface area contributed by atoms with Crippen molar-refractivity contribution in [2.45, 2.75) is 45.6 Å². The van der Waals surface area contributed by atoms with E-state index in [1.807, 2.05) is 0 Å². The van der Waals surface area contributed by atoms with Crippen molar-refractivity contribution >= 4 is 24.0 Å². The third kappa shape index (κ3) is 4.38. The summed E-state index contributed by atoms with van der Waals surface area (Å²) in [5, 5.41) is 10.2. The van der Waals surface area contributed by atoms with Crippen molar-refractivity contribution in [3.8, 4) is 0 Å². The van der Waals surface area contributed by atoms with Crippen LogP contribution in [-0.4, -0.2) is 65.8 Å². The van der Waals surface area contributed by atoms with Crippen LogP contribution in [0.5, 0.6) is 0 Å². The monoisotopic (exact) mass is 385 g/mol. The van der Waals surface area contributed by atoms with Crippen molar-refractivity contribution in [2.75, 3.05) is 13.4 Å². The van der Waals surface area contributed by atoms with Crippen LogP contribution < -0.4 is 0 Å². The first-order valence-electron chi connectivity index (χ1n) is 8.36. The Bertz CT molecular complexity index is 639. The zero-order chi connectivity index (χ0) is 20.4. The van der Waals surface area contributed by atoms with Crippen LogP contribution in [0.3, 0.4) is 0 Å². The van der Waals surface area contributed by atoms with Crippen molar-refractivity contribution < 1.29 is 43.2 Å². The average Bonchev–Trinajstić information content (AvgIpc) is 2.99. The van der Waals surface area contributed by atoms with Crippen LogP contribution in [0.25, 0.3) is 0 Å². The van der Waals surface area contributed by atoms with Gasteiger partial charge in [0.05, 0.1) is 17.4 Å². The van der Waals surface area contributed by atoms with Gasteiger partial charge in [0.25, 0.3) is 0 Å². The molecule has 0 aromatic carbocycles. The van der Waals surface area contributed by atoms with E-state index in [1.165, 1.54) is 6.08 Å². The van der Waals surface area contributed by atoms with Crippen molar-refractivity contribution in [3.63, 3.8) is 0 Å². The largest absolute Gasteiger partial charge is 0.508 e. The number of nitrogens with zero attached hydrogens (tertiary/aromatic N) is 1. The Kier molecular flexibility index (Phi) is 6.09. The highest BCUT2D eigenvalue weighted by atomic mass is 16.8. The molecule has 0 aliphatic carbocycles. The molecule has 150 valence electrons. The second-order valence-corrected chi connectivity index (χ2v) is 7.22. The number of carbonyl (C=O) groups excluding carboxylic acids is 4. The Morgan fingerprint density at radius 3 is 2.56 bits per heavy atom. The molecule has 4 atom stereocenters. The lowest BCUT2D eigenvalue weighted by Gasteiger charge is -2.49. The first-order chi connectivity index (χ1) is 12.6. The number of aliphatic hydroxyl groups excluding tert-OH is 1. The Morgan fingerprint density at radius 1 is 1.37 bits per heavy atom. The molecule has 0 bridgehead atoms. The molecule has 1 amide bonds. The third-order valence-corrected chi connectivity index (χ3v) is 4.21. The normalized spacial score (nSPS) is 25.8. The fraction of sp³-hybridized carbons (Fsp3) is 0.647. The van der Waals surface area contributed by atoms with Gasteiger partial charge in [0.1, 0.15) is 6.61 Å². The van der Waals surface area contributed by atoms with E-state index < -0.39 is 60.5 Å². The zero-order valence-corrected chi connectivity index (χ0v) is 15.4. The Morgan fingerprint density at radius 2 is 2.04 bits per heavy atom. The van der Waals surface area contributed by atoms with E-state index in [0.717, 1.165) is 4.90 Å². The van der Waals surface area contributed by atoms with Gasteiger partial charge in [-0.2, -0.15) is 0 Å². The van der Waals surface area contributed by atoms with Gasteiger partial charge >= 0.3 is 18.1 Å². The molecule has 2 aliphatic rings. The molecule has 10 nitrogen and oxygen atoms in total. The Hall–Kier alpha value is -2.62. The maximum Gasteiger partial charge on any atom is 0.508 e. The minimum atomic E-state index is -1.88. The highest BCUT2D eigenvalue weighted by Gasteiger charge is 2.57. The number of likely N-dealkylation sites (tertiary alicyclic amines) is 1. The summed E-state index contributed by atoms with van der Waals surface area (Å²) in [6, 6.07) is -0.617. The smallest absolute Gasteiger partial charge is 0.430 e. The minimum Gasteiger partial charge on any atom is -0.430 e. The molecule has 2 rings (SSSR count). The molecule has 0 aromatic heterocycles. The first-order valence-corrected chi connectivity index (χ1v) is 8.36. The predicted octanol–water partition coefficient (Wildman–Crippen LogP) is 0.333. The van der Waals surface area contributed by atoms with Crippen LogP contribution in [0, 0.1) is 11.3 Å². The molecule has 2 aliphatic heterocycles. The van der Waals surface area contributed by atoms with Crippen molar-refractivity contribution in [1.82, 2.24) is 4.90 Å². The van der Waals surface area contributed by atoms with Gasteiger partial charge in [0, 0.05) is 0 Å². The second-order valence-electron chi connectivity index (χ2n) is 7.22. The summed E-state index contributed by atoms with van der Waals surface area (Å²) in [5.74, 6) is -3.06. The van der Waals surface area contributed by atoms with Gasteiger partial charge in [0.15, 0.2) is 6.10 Å². The van der Waals surface area contributed by atoms with Gasteiger partial charge in [-0.05, 0) is 27.2 Å². The summed E-state index contributed by atoms with van der Waals surface area (Å²) < 4.78 is 19.1. The maximum absolute atomic E-state index is 12.4. The number of carbonyl (C=O) groups is 4. The SMILES string of the molecule is C=CCC1C(C2COC(=O)O2)C(=O)N1C(O)C(=O)OCOC(=O)C(C)(C)C. The summed E-state index contributed by atoms with van der Waals surface area (Å²) in [6.45, 7) is 7.70. The second kappa shape index (κ2) is 7.95. The molecule has 0 saturated carbocycles. The van der Waals surface area contributed by atoms with E-state index in [4.69, 9.17) is 14.2 Å². The molecule has 0 aromatic rings. The molecular formula is C17H23NO9. The minimum absolute atomic E-state index is 0.0833. The van der Waals surface area contributed by atoms with E-state index in [-0.39, 0.29) is 13.0 Å². The van der Waals surface area contributed by atoms with Crippen molar-refractivity contribution in [2.24, 2.45) is 11.3 Å². The fourth-order valence-corrected chi connectivity index (χ4v) is 2.80. The predicted molar refractivity (Wildman–Crippen MR) is 87.7 cm³/mol. The Labute approximate surface area is 156 Å². The number of rotatable bonds is 7. The van der Waals surface area contributed by atoms with Crippen molar-refractivity contribution in [1.29, 1.82) is 0 Å². The molecular weight excluding hydrogens is 362 g/mol. The molecule has 1 N–H and O–H groups in total. The van der Waals surface area contributed by atoms with E-state index in [1.54, 1.807) is 20.8 Å². The van der Waals surface area contributed by atoms with Crippen LogP contribution in [0.4, 0.5) is 4.79 Å². The lowest BCUT2D eigenvalue weighted by molar-refractivity contribution is -0.203. The number of hydrogen-bond donors (Lipinski definition) is 1. The standard InChI is InChI=1S/C17H23NO9/c1-5-6-9-11(10-7-24-16(23)27-10)12(19)18(9)13(20)14(21)25-8-26-15(22)17(2,3)4/h5,9-11,13,20H,1,6-8H2,2-4H3. The van der Waals surface area contributed by atoms with Crippen LogP contribution in [-0.2, 0) is 33.3 Å². The van der Waals surface area contributed by atoms with Gasteiger partial charge in [-0.25, -0.2) is 9.59 Å². The highest BCUT2D eigenvalue weighted by Crippen LogP contribution is 2.36. The van der Waals surface area contributed by atoms with E-state index in [0.29, 0.717) is 0 Å². The van der Waals surface area contributed by atoms with Crippen LogP contribution in [0.2, 0.25) is 0 Å². The molecule has 10 heteroatoms. The van der Waals surface area contributed by atoms with Gasteiger partial charge < -0.3 is 29.0 Å². The van der Waals surface area contributed by atoms with E-state index in [9.17, 15) is 24.3 Å². The molecule has 27 heavy (non-hydrogen) atoms. The number of β-lactam (4-membered cyclic amide) rings is 1. The van der Waals surface area contributed by atoms with Crippen molar-refractivity contribution in [3.05, 3.63) is 12.7 Å². The molecule has 0 spiro atoms. The lowest BCUT2D eigenvalue weighted by atomic mass is 9.80. The number of amides is 1. The van der Waals surface area contributed by atoms with E-state index in [2.05, 4.69) is 11.3 Å². The third-order valence-electron chi connectivity index (χ3n) is 4.21. The number of ether oxygens (including phenoxy) is 4. The number of cyclic esters (lactones) is 2. The van der Waals surface area contributed by atoms with Gasteiger partial charge in [-0.1, -0.05) is 6.08 Å². The van der Waals surface area contributed by atoms with Crippen LogP contribution in [0.15, 0.2) is 12.7 Å². The Balaban J connectivity index is 1.94. The number of aliphatic hydroxyl groups is 1. The summed E-state index contributed by atoms with van der Waals surface area (Å²) in [6.07, 6.45) is -1.78. The average molecular weight is 385 g/mol. The highest BCUT2D eigenvalue weighted by molar-refractivity contribution is 5.91. The molecule has 4 unspecified atom stereocenters. The molecule has 2 heterocycles. The topological polar surface area (TPSA) is 129 Å². The fourth-order valence-electron chi connectivity index (χ4n) is 2.80. The summed E-state index contributed by atoms with van der Waals surface area (Å²) in [5.41, 5.74) is -0.776. The van der Waals surface area contributed by atoms with E-state index >= 15 is 0 Å². The summed E-state index contributed by atoms with van der Waals surface area (Å²) >= 11 is 0. The molecule has 0 radical (unpaired) electrons. The lowest BCUT2D eigenvalue weighted by Crippen LogP contribution is -2.69. The summed E-state index contributed by atoms with van der Waals surface area (Å²) in [7, 11) is 0. The maximum atomic E-state index is 12.4. The first kappa shape index (κ1) is 20.7. The summed E-state index contributed by atoms with van der Waals surface area (Å²) in [4.78, 5) is 48.0. The van der Waals surface area contributed by atoms with Gasteiger partial charge in [0.2, 0.25) is 18.9 Å². The van der Waals surface area contributed by atoms with Gasteiger partial charge in [-0.15, -0.1) is 6.58 Å². The molecule has 2 saturated heterocycles. The number of hydrogen-bond acceptors (Lipinski definition) is 9. The van der Waals surface area contributed by atoms with Gasteiger partial charge in [-0.3, -0.25) is 9.59 Å². The quantitative estimate of drug-likeness (QED) is 0.285. The number of esters is 2. The zero-order valence-electron chi connectivity index (χ0n) is 15.4. The molecule has 2 fully saturated rings.